The normalized spacial score (nSPS) is 11.8. The molecule has 0 fully saturated rings. The fourth-order valence-corrected chi connectivity index (χ4v) is 2.51. The smallest absolute Gasteiger partial charge is 0.225 e. The molecule has 0 saturated heterocycles. The van der Waals surface area contributed by atoms with Crippen LogP contribution in [0, 0.1) is 5.82 Å². The van der Waals surface area contributed by atoms with Gasteiger partial charge in [-0.25, -0.2) is 9.37 Å². The summed E-state index contributed by atoms with van der Waals surface area (Å²) in [6, 6.07) is 18.8. The van der Waals surface area contributed by atoms with Crippen LogP contribution in [-0.4, -0.2) is 16.0 Å². The van der Waals surface area contributed by atoms with E-state index in [-0.39, 0.29) is 11.9 Å². The average molecular weight is 350 g/mol. The molecule has 0 amide bonds. The van der Waals surface area contributed by atoms with E-state index in [1.807, 2.05) is 42.5 Å². The van der Waals surface area contributed by atoms with Gasteiger partial charge < -0.3 is 10.6 Å². The Morgan fingerprint density at radius 1 is 1.00 bits per heavy atom. The summed E-state index contributed by atoms with van der Waals surface area (Å²) in [4.78, 5) is 9.16. The number of nitrogens with zero attached hydrogens (tertiary/aromatic N) is 2. The minimum absolute atomic E-state index is 0.227. The maximum absolute atomic E-state index is 13.8. The van der Waals surface area contributed by atoms with Crippen LogP contribution in [0.1, 0.15) is 25.8 Å². The first-order valence-corrected chi connectivity index (χ1v) is 8.84. The quantitative estimate of drug-likeness (QED) is 0.622. The number of anilines is 2. The third-order valence-corrected chi connectivity index (χ3v) is 4.20. The number of benzene rings is 2. The van der Waals surface area contributed by atoms with Crippen molar-refractivity contribution in [1.29, 1.82) is 0 Å². The summed E-state index contributed by atoms with van der Waals surface area (Å²) in [6.07, 6.45) is 0.969. The van der Waals surface area contributed by atoms with Gasteiger partial charge in [0.1, 0.15) is 11.6 Å². The number of nitrogens with one attached hydrogen (secondary N) is 2. The first-order chi connectivity index (χ1) is 12.7. The lowest BCUT2D eigenvalue weighted by atomic mass is 10.1. The molecule has 0 aliphatic carbocycles. The second kappa shape index (κ2) is 8.43. The van der Waals surface area contributed by atoms with Crippen LogP contribution in [0.25, 0.3) is 11.3 Å². The molecule has 3 rings (SSSR count). The zero-order valence-corrected chi connectivity index (χ0v) is 15.0. The van der Waals surface area contributed by atoms with Crippen molar-refractivity contribution in [2.24, 2.45) is 0 Å². The topological polar surface area (TPSA) is 49.8 Å². The fraction of sp³-hybridized carbons (Fsp3) is 0.238. The van der Waals surface area contributed by atoms with Crippen molar-refractivity contribution in [2.45, 2.75) is 32.9 Å². The van der Waals surface area contributed by atoms with E-state index in [9.17, 15) is 4.39 Å². The maximum atomic E-state index is 13.8. The molecule has 0 spiro atoms. The number of aromatic nitrogens is 2. The van der Waals surface area contributed by atoms with Crippen molar-refractivity contribution in [1.82, 2.24) is 9.97 Å². The molecule has 0 bridgehead atoms. The van der Waals surface area contributed by atoms with Crippen molar-refractivity contribution in [2.75, 3.05) is 10.6 Å². The van der Waals surface area contributed by atoms with Gasteiger partial charge in [0.15, 0.2) is 0 Å². The molecular formula is C21H23FN4. The number of hydrogen-bond acceptors (Lipinski definition) is 4. The highest BCUT2D eigenvalue weighted by atomic mass is 19.1. The van der Waals surface area contributed by atoms with Gasteiger partial charge in [-0.3, -0.25) is 0 Å². The minimum Gasteiger partial charge on any atom is -0.366 e. The zero-order valence-electron chi connectivity index (χ0n) is 15.0. The fourth-order valence-electron chi connectivity index (χ4n) is 2.51. The van der Waals surface area contributed by atoms with Crippen LogP contribution in [0.2, 0.25) is 0 Å². The Morgan fingerprint density at radius 2 is 1.73 bits per heavy atom. The second-order valence-corrected chi connectivity index (χ2v) is 6.23. The van der Waals surface area contributed by atoms with Crippen LogP contribution in [-0.2, 0) is 6.54 Å². The van der Waals surface area contributed by atoms with E-state index in [2.05, 4.69) is 34.4 Å². The van der Waals surface area contributed by atoms with Crippen molar-refractivity contribution in [3.8, 4) is 11.3 Å². The molecule has 2 aromatic carbocycles. The van der Waals surface area contributed by atoms with Crippen molar-refractivity contribution < 1.29 is 4.39 Å². The Balaban J connectivity index is 1.88. The molecule has 1 aromatic heterocycles. The molecule has 2 N–H and O–H groups in total. The molecule has 0 aliphatic heterocycles. The summed E-state index contributed by atoms with van der Waals surface area (Å²) in [5, 5.41) is 6.53. The van der Waals surface area contributed by atoms with Crippen LogP contribution >= 0.6 is 0 Å². The number of halogens is 1. The lowest BCUT2D eigenvalue weighted by Crippen LogP contribution is -2.16. The van der Waals surface area contributed by atoms with Gasteiger partial charge >= 0.3 is 0 Å². The minimum atomic E-state index is -0.227. The third kappa shape index (κ3) is 4.57. The summed E-state index contributed by atoms with van der Waals surface area (Å²) >= 11 is 0. The molecule has 5 heteroatoms. The Kier molecular flexibility index (Phi) is 5.79. The molecule has 0 radical (unpaired) electrons. The monoisotopic (exact) mass is 350 g/mol. The molecule has 1 unspecified atom stereocenters. The van der Waals surface area contributed by atoms with E-state index < -0.39 is 0 Å². The summed E-state index contributed by atoms with van der Waals surface area (Å²) in [7, 11) is 0. The lowest BCUT2D eigenvalue weighted by Gasteiger charge is -2.15. The Hall–Kier alpha value is -2.95. The molecule has 134 valence electrons. The van der Waals surface area contributed by atoms with Crippen molar-refractivity contribution in [3.63, 3.8) is 0 Å². The van der Waals surface area contributed by atoms with Gasteiger partial charge in [-0.15, -0.1) is 0 Å². The molecule has 3 aromatic rings. The van der Waals surface area contributed by atoms with Crippen LogP contribution < -0.4 is 10.6 Å². The zero-order chi connectivity index (χ0) is 18.4. The lowest BCUT2D eigenvalue weighted by molar-refractivity contribution is 0.613. The number of rotatable bonds is 7. The first kappa shape index (κ1) is 17.9. The predicted molar refractivity (Wildman–Crippen MR) is 105 cm³/mol. The van der Waals surface area contributed by atoms with E-state index in [0.29, 0.717) is 23.9 Å². The van der Waals surface area contributed by atoms with Crippen molar-refractivity contribution in [3.05, 3.63) is 72.0 Å². The van der Waals surface area contributed by atoms with Gasteiger partial charge in [0.05, 0.1) is 5.69 Å². The van der Waals surface area contributed by atoms with Gasteiger partial charge in [-0.05, 0) is 19.4 Å². The van der Waals surface area contributed by atoms with Crippen LogP contribution in [0.15, 0.2) is 60.7 Å². The van der Waals surface area contributed by atoms with E-state index in [4.69, 9.17) is 0 Å². The second-order valence-electron chi connectivity index (χ2n) is 6.23. The highest BCUT2D eigenvalue weighted by Gasteiger charge is 2.09. The van der Waals surface area contributed by atoms with E-state index in [1.165, 1.54) is 6.07 Å². The van der Waals surface area contributed by atoms with Gasteiger partial charge in [0, 0.05) is 29.8 Å². The summed E-state index contributed by atoms with van der Waals surface area (Å²) in [5.74, 6) is 1.000. The SMILES string of the molecule is CCC(C)Nc1nc(NCc2ccccc2F)cc(-c2ccccc2)n1. The third-order valence-electron chi connectivity index (χ3n) is 4.20. The maximum Gasteiger partial charge on any atom is 0.225 e. The molecule has 1 atom stereocenters. The first-order valence-electron chi connectivity index (χ1n) is 8.84. The van der Waals surface area contributed by atoms with E-state index in [0.717, 1.165) is 17.7 Å². The molecule has 26 heavy (non-hydrogen) atoms. The number of hydrogen-bond donors (Lipinski definition) is 2. The Morgan fingerprint density at radius 3 is 2.46 bits per heavy atom. The van der Waals surface area contributed by atoms with Gasteiger partial charge in [0.2, 0.25) is 5.95 Å². The van der Waals surface area contributed by atoms with Gasteiger partial charge in [-0.1, -0.05) is 55.5 Å². The van der Waals surface area contributed by atoms with Crippen LogP contribution in [0.5, 0.6) is 0 Å². The standard InChI is InChI=1S/C21H23FN4/c1-3-15(2)24-21-25-19(16-9-5-4-6-10-16)13-20(26-21)23-14-17-11-7-8-12-18(17)22/h4-13,15H,3,14H2,1-2H3,(H2,23,24,25,26). The van der Waals surface area contributed by atoms with Crippen LogP contribution in [0.3, 0.4) is 0 Å². The summed E-state index contributed by atoms with van der Waals surface area (Å²) in [6.45, 7) is 4.56. The molecule has 0 saturated carbocycles. The molecule has 1 heterocycles. The summed E-state index contributed by atoms with van der Waals surface area (Å²) in [5.41, 5.74) is 2.43. The van der Waals surface area contributed by atoms with Crippen LogP contribution in [0.4, 0.5) is 16.2 Å². The largest absolute Gasteiger partial charge is 0.366 e. The van der Waals surface area contributed by atoms with Gasteiger partial charge in [-0.2, -0.15) is 4.98 Å². The van der Waals surface area contributed by atoms with Gasteiger partial charge in [0.25, 0.3) is 0 Å². The van der Waals surface area contributed by atoms with E-state index >= 15 is 0 Å². The molecule has 4 nitrogen and oxygen atoms in total. The van der Waals surface area contributed by atoms with Crippen molar-refractivity contribution >= 4 is 11.8 Å². The Labute approximate surface area is 153 Å². The van der Waals surface area contributed by atoms with E-state index in [1.54, 1.807) is 12.1 Å². The predicted octanol–water partition coefficient (Wildman–Crippen LogP) is 5.11. The molecule has 0 aliphatic rings. The highest BCUT2D eigenvalue weighted by Crippen LogP contribution is 2.22. The Bertz CT molecular complexity index is 852. The highest BCUT2D eigenvalue weighted by molar-refractivity contribution is 5.64. The molecular weight excluding hydrogens is 327 g/mol. The summed E-state index contributed by atoms with van der Waals surface area (Å²) < 4.78 is 13.8. The average Bonchev–Trinajstić information content (AvgIpc) is 2.68.